The summed E-state index contributed by atoms with van der Waals surface area (Å²) in [6, 6.07) is 13.7. The zero-order chi connectivity index (χ0) is 17.8. The summed E-state index contributed by atoms with van der Waals surface area (Å²) < 4.78 is 10.9. The molecule has 0 aromatic heterocycles. The van der Waals surface area contributed by atoms with Gasteiger partial charge in [-0.25, -0.2) is 4.79 Å². The Labute approximate surface area is 148 Å². The molecular formula is C21H23NO3. The molecule has 0 spiro atoms. The lowest BCUT2D eigenvalue weighted by atomic mass is 9.92. The van der Waals surface area contributed by atoms with Crippen LogP contribution in [0.4, 0.5) is 0 Å². The van der Waals surface area contributed by atoms with Crippen molar-refractivity contribution in [2.45, 2.75) is 13.0 Å². The Morgan fingerprint density at radius 1 is 1.20 bits per heavy atom. The highest BCUT2D eigenvalue weighted by Gasteiger charge is 2.20. The van der Waals surface area contributed by atoms with Crippen molar-refractivity contribution in [3.05, 3.63) is 70.8 Å². The molecule has 0 bridgehead atoms. The summed E-state index contributed by atoms with van der Waals surface area (Å²) in [7, 11) is 5.52. The maximum absolute atomic E-state index is 12.0. The van der Waals surface area contributed by atoms with Gasteiger partial charge in [-0.3, -0.25) is 0 Å². The van der Waals surface area contributed by atoms with Crippen molar-refractivity contribution in [2.75, 3.05) is 27.7 Å². The van der Waals surface area contributed by atoms with Crippen LogP contribution >= 0.6 is 0 Å². The third kappa shape index (κ3) is 3.74. The van der Waals surface area contributed by atoms with Crippen LogP contribution in [-0.4, -0.2) is 38.6 Å². The van der Waals surface area contributed by atoms with Crippen LogP contribution in [0, 0.1) is 0 Å². The standard InChI is InChI=1S/C21H23NO3/c1-22(2)12-6-9-18-17-8-5-4-7-16(17)14-25-20-11-10-15(13-19(18)20)21(23)24-3/h4-5,7-11,13H,6,12,14H2,1-3H3/b18-9+. The van der Waals surface area contributed by atoms with Crippen LogP contribution in [0.25, 0.3) is 5.57 Å². The summed E-state index contributed by atoms with van der Waals surface area (Å²) in [6.07, 6.45) is 3.14. The second-order valence-electron chi connectivity index (χ2n) is 6.36. The molecule has 4 heteroatoms. The summed E-state index contributed by atoms with van der Waals surface area (Å²) in [4.78, 5) is 14.1. The number of fused-ring (bicyclic) bond motifs is 2. The number of methoxy groups -OCH3 is 1. The van der Waals surface area contributed by atoms with Crippen LogP contribution in [-0.2, 0) is 11.3 Å². The predicted molar refractivity (Wildman–Crippen MR) is 98.8 cm³/mol. The molecule has 0 saturated carbocycles. The molecule has 1 aliphatic heterocycles. The zero-order valence-corrected chi connectivity index (χ0v) is 14.9. The van der Waals surface area contributed by atoms with E-state index in [-0.39, 0.29) is 5.97 Å². The average Bonchev–Trinajstić information content (AvgIpc) is 2.78. The Kier molecular flexibility index (Phi) is 5.19. The molecule has 0 aliphatic carbocycles. The monoisotopic (exact) mass is 337 g/mol. The molecule has 1 aliphatic rings. The van der Waals surface area contributed by atoms with E-state index in [1.807, 2.05) is 24.3 Å². The Bertz CT molecular complexity index is 809. The van der Waals surface area contributed by atoms with Gasteiger partial charge in [0.05, 0.1) is 12.7 Å². The minimum Gasteiger partial charge on any atom is -0.488 e. The molecule has 0 N–H and O–H groups in total. The molecule has 4 nitrogen and oxygen atoms in total. The van der Waals surface area contributed by atoms with Crippen molar-refractivity contribution in [1.82, 2.24) is 4.90 Å². The Balaban J connectivity index is 2.11. The van der Waals surface area contributed by atoms with E-state index < -0.39 is 0 Å². The van der Waals surface area contributed by atoms with Gasteiger partial charge in [0.25, 0.3) is 0 Å². The molecule has 2 aromatic rings. The molecule has 0 fully saturated rings. The fourth-order valence-corrected chi connectivity index (χ4v) is 3.01. The number of hydrogen-bond donors (Lipinski definition) is 0. The highest BCUT2D eigenvalue weighted by Crippen LogP contribution is 2.37. The van der Waals surface area contributed by atoms with Crippen molar-refractivity contribution < 1.29 is 14.3 Å². The first-order valence-electron chi connectivity index (χ1n) is 8.39. The molecule has 3 rings (SSSR count). The van der Waals surface area contributed by atoms with E-state index in [0.717, 1.165) is 41.0 Å². The van der Waals surface area contributed by atoms with Crippen LogP contribution in [0.1, 0.15) is 33.5 Å². The molecule has 0 atom stereocenters. The molecule has 0 amide bonds. The largest absolute Gasteiger partial charge is 0.488 e. The number of benzene rings is 2. The normalized spacial score (nSPS) is 14.5. The third-order valence-electron chi connectivity index (χ3n) is 4.31. The quantitative estimate of drug-likeness (QED) is 0.797. The lowest BCUT2D eigenvalue weighted by Gasteiger charge is -2.13. The van der Waals surface area contributed by atoms with Crippen molar-refractivity contribution in [2.24, 2.45) is 0 Å². The van der Waals surface area contributed by atoms with Crippen molar-refractivity contribution in [3.63, 3.8) is 0 Å². The number of carbonyl (C=O) groups is 1. The predicted octanol–water partition coefficient (Wildman–Crippen LogP) is 3.75. The number of rotatable bonds is 4. The maximum atomic E-state index is 12.0. The molecule has 0 saturated heterocycles. The van der Waals surface area contributed by atoms with Crippen LogP contribution in [0.15, 0.2) is 48.5 Å². The van der Waals surface area contributed by atoms with Gasteiger partial charge in [0.15, 0.2) is 0 Å². The zero-order valence-electron chi connectivity index (χ0n) is 14.9. The van der Waals surface area contributed by atoms with Gasteiger partial charge in [0.1, 0.15) is 12.4 Å². The number of esters is 1. The molecule has 130 valence electrons. The first kappa shape index (κ1) is 17.2. The molecular weight excluding hydrogens is 314 g/mol. The van der Waals surface area contributed by atoms with E-state index in [4.69, 9.17) is 9.47 Å². The number of carbonyl (C=O) groups excluding carboxylic acids is 1. The lowest BCUT2D eigenvalue weighted by molar-refractivity contribution is 0.0600. The van der Waals surface area contributed by atoms with Gasteiger partial charge in [0.2, 0.25) is 0 Å². The van der Waals surface area contributed by atoms with Crippen molar-refractivity contribution >= 4 is 11.5 Å². The first-order valence-corrected chi connectivity index (χ1v) is 8.39. The highest BCUT2D eigenvalue weighted by atomic mass is 16.5. The van der Waals surface area contributed by atoms with Gasteiger partial charge in [-0.05, 0) is 55.4 Å². The summed E-state index contributed by atoms with van der Waals surface area (Å²) in [5, 5.41) is 0. The highest BCUT2D eigenvalue weighted by molar-refractivity contribution is 5.93. The van der Waals surface area contributed by atoms with Gasteiger partial charge in [-0.2, -0.15) is 0 Å². The van der Waals surface area contributed by atoms with Gasteiger partial charge < -0.3 is 14.4 Å². The first-order chi connectivity index (χ1) is 12.1. The summed E-state index contributed by atoms with van der Waals surface area (Å²) in [5.41, 5.74) is 4.88. The van der Waals surface area contributed by atoms with E-state index in [0.29, 0.717) is 12.2 Å². The van der Waals surface area contributed by atoms with Crippen molar-refractivity contribution in [1.29, 1.82) is 0 Å². The van der Waals surface area contributed by atoms with Crippen LogP contribution < -0.4 is 4.74 Å². The molecule has 0 radical (unpaired) electrons. The van der Waals surface area contributed by atoms with Gasteiger partial charge >= 0.3 is 5.97 Å². The average molecular weight is 337 g/mol. The van der Waals surface area contributed by atoms with E-state index >= 15 is 0 Å². The smallest absolute Gasteiger partial charge is 0.337 e. The van der Waals surface area contributed by atoms with Crippen LogP contribution in [0.5, 0.6) is 5.75 Å². The maximum Gasteiger partial charge on any atom is 0.337 e. The third-order valence-corrected chi connectivity index (χ3v) is 4.31. The van der Waals surface area contributed by atoms with Gasteiger partial charge in [0, 0.05) is 12.1 Å². The Hall–Kier alpha value is -2.59. The van der Waals surface area contributed by atoms with E-state index in [9.17, 15) is 4.79 Å². The lowest BCUT2D eigenvalue weighted by Crippen LogP contribution is -2.12. The topological polar surface area (TPSA) is 38.8 Å². The fraction of sp³-hybridized carbons (Fsp3) is 0.286. The molecule has 0 unspecified atom stereocenters. The van der Waals surface area contributed by atoms with Gasteiger partial charge in [-0.15, -0.1) is 0 Å². The summed E-state index contributed by atoms with van der Waals surface area (Å²) in [6.45, 7) is 1.48. The van der Waals surface area contributed by atoms with Crippen molar-refractivity contribution in [3.8, 4) is 5.75 Å². The van der Waals surface area contributed by atoms with E-state index in [2.05, 4.69) is 37.2 Å². The molecule has 1 heterocycles. The van der Waals surface area contributed by atoms with Crippen LogP contribution in [0.3, 0.4) is 0 Å². The Morgan fingerprint density at radius 3 is 2.76 bits per heavy atom. The minimum atomic E-state index is -0.340. The summed E-state index contributed by atoms with van der Waals surface area (Å²) in [5.74, 6) is 0.452. The minimum absolute atomic E-state index is 0.340. The number of ether oxygens (including phenoxy) is 2. The van der Waals surface area contributed by atoms with E-state index in [1.165, 1.54) is 7.11 Å². The molecule has 2 aromatic carbocycles. The van der Waals surface area contributed by atoms with Crippen LogP contribution in [0.2, 0.25) is 0 Å². The fourth-order valence-electron chi connectivity index (χ4n) is 3.01. The summed E-state index contributed by atoms with van der Waals surface area (Å²) >= 11 is 0. The second kappa shape index (κ2) is 7.53. The number of nitrogens with zero attached hydrogens (tertiary/aromatic N) is 1. The SMILES string of the molecule is COC(=O)c1ccc2c(c1)/C(=C/CCN(C)C)c1ccccc1CO2. The number of hydrogen-bond acceptors (Lipinski definition) is 4. The van der Waals surface area contributed by atoms with Gasteiger partial charge in [-0.1, -0.05) is 30.3 Å². The van der Waals surface area contributed by atoms with E-state index in [1.54, 1.807) is 6.07 Å². The second-order valence-corrected chi connectivity index (χ2v) is 6.36. The Morgan fingerprint density at radius 2 is 2.00 bits per heavy atom. The molecule has 25 heavy (non-hydrogen) atoms.